The zero-order valence-corrected chi connectivity index (χ0v) is 10.8. The summed E-state index contributed by atoms with van der Waals surface area (Å²) in [6.45, 7) is 0.903. The zero-order valence-electron chi connectivity index (χ0n) is 10.8. The Hall–Kier alpha value is -1.85. The lowest BCUT2D eigenvalue weighted by atomic mass is 9.81. The van der Waals surface area contributed by atoms with Crippen LogP contribution in [-0.4, -0.2) is 33.0 Å². The molecule has 0 spiro atoms. The fourth-order valence-electron chi connectivity index (χ4n) is 3.16. The van der Waals surface area contributed by atoms with E-state index in [1.165, 1.54) is 4.90 Å². The summed E-state index contributed by atoms with van der Waals surface area (Å²) in [4.78, 5) is 25.9. The lowest BCUT2D eigenvalue weighted by Crippen LogP contribution is -2.34. The van der Waals surface area contributed by atoms with E-state index in [0.717, 1.165) is 25.7 Å². The van der Waals surface area contributed by atoms with Crippen molar-refractivity contribution in [1.29, 1.82) is 0 Å². The number of fused-ring (bicyclic) bond motifs is 1. The number of rotatable bonds is 3. The number of hydrogen-bond acceptors (Lipinski definition) is 4. The summed E-state index contributed by atoms with van der Waals surface area (Å²) >= 11 is 0. The smallest absolute Gasteiger partial charge is 0.233 e. The number of nitrogens with zero attached hydrogens (tertiary/aromatic N) is 3. The minimum absolute atomic E-state index is 0.00910. The second-order valence-corrected chi connectivity index (χ2v) is 5.36. The van der Waals surface area contributed by atoms with Gasteiger partial charge < -0.3 is 5.73 Å². The van der Waals surface area contributed by atoms with Gasteiger partial charge in [0.1, 0.15) is 0 Å². The van der Waals surface area contributed by atoms with Gasteiger partial charge in [-0.05, 0) is 12.8 Å². The molecule has 102 valence electrons. The van der Waals surface area contributed by atoms with Crippen LogP contribution in [0.5, 0.6) is 0 Å². The van der Waals surface area contributed by atoms with Gasteiger partial charge >= 0.3 is 0 Å². The van der Waals surface area contributed by atoms with E-state index in [2.05, 4.69) is 5.10 Å². The van der Waals surface area contributed by atoms with Crippen LogP contribution < -0.4 is 5.73 Å². The van der Waals surface area contributed by atoms with Crippen LogP contribution in [0.1, 0.15) is 25.7 Å². The van der Waals surface area contributed by atoms with Crippen LogP contribution in [0.25, 0.3) is 0 Å². The molecular formula is C13H18N4O2. The molecule has 1 aliphatic carbocycles. The van der Waals surface area contributed by atoms with Gasteiger partial charge in [-0.15, -0.1) is 0 Å². The summed E-state index contributed by atoms with van der Waals surface area (Å²) in [5.74, 6) is -0.113. The average molecular weight is 262 g/mol. The van der Waals surface area contributed by atoms with Crippen LogP contribution in [0.4, 0.5) is 5.69 Å². The quantitative estimate of drug-likeness (QED) is 0.810. The lowest BCUT2D eigenvalue weighted by Gasteiger charge is -2.19. The number of carbonyl (C=O) groups is 2. The molecule has 19 heavy (non-hydrogen) atoms. The Labute approximate surface area is 111 Å². The summed E-state index contributed by atoms with van der Waals surface area (Å²) in [5, 5.41) is 4.06. The number of imide groups is 1. The third kappa shape index (κ3) is 2.11. The molecule has 2 fully saturated rings. The fourth-order valence-corrected chi connectivity index (χ4v) is 3.16. The molecule has 1 aromatic rings. The molecule has 2 heterocycles. The molecular weight excluding hydrogens is 244 g/mol. The van der Waals surface area contributed by atoms with E-state index in [1.54, 1.807) is 17.1 Å². The Balaban J connectivity index is 1.67. The molecule has 2 amide bonds. The first kappa shape index (κ1) is 12.2. The second kappa shape index (κ2) is 4.68. The van der Waals surface area contributed by atoms with Crippen molar-refractivity contribution in [1.82, 2.24) is 14.7 Å². The predicted molar refractivity (Wildman–Crippen MR) is 68.8 cm³/mol. The van der Waals surface area contributed by atoms with E-state index in [1.807, 2.05) is 0 Å². The van der Waals surface area contributed by atoms with Crippen LogP contribution in [0, 0.1) is 11.8 Å². The van der Waals surface area contributed by atoms with Crippen molar-refractivity contribution in [2.24, 2.45) is 11.8 Å². The van der Waals surface area contributed by atoms with Crippen molar-refractivity contribution in [3.63, 3.8) is 0 Å². The maximum absolute atomic E-state index is 12.2. The molecule has 0 bridgehead atoms. The number of aromatic nitrogens is 2. The largest absolute Gasteiger partial charge is 0.396 e. The van der Waals surface area contributed by atoms with Gasteiger partial charge in [0.2, 0.25) is 11.8 Å². The third-order valence-corrected chi connectivity index (χ3v) is 4.14. The summed E-state index contributed by atoms with van der Waals surface area (Å²) in [7, 11) is 0. The van der Waals surface area contributed by atoms with E-state index in [9.17, 15) is 9.59 Å². The molecule has 3 rings (SSSR count). The van der Waals surface area contributed by atoms with E-state index in [4.69, 9.17) is 5.73 Å². The normalized spacial score (nSPS) is 26.8. The fraction of sp³-hybridized carbons (Fsp3) is 0.615. The van der Waals surface area contributed by atoms with E-state index < -0.39 is 0 Å². The number of nitrogens with two attached hydrogens (primary N) is 1. The van der Waals surface area contributed by atoms with Crippen molar-refractivity contribution in [3.05, 3.63) is 12.4 Å². The topological polar surface area (TPSA) is 81.2 Å². The van der Waals surface area contributed by atoms with Crippen molar-refractivity contribution >= 4 is 17.5 Å². The molecule has 6 nitrogen and oxygen atoms in total. The highest BCUT2D eigenvalue weighted by molar-refractivity contribution is 6.05. The van der Waals surface area contributed by atoms with Crippen molar-refractivity contribution in [3.8, 4) is 0 Å². The molecule has 1 aliphatic heterocycles. The van der Waals surface area contributed by atoms with E-state index in [0.29, 0.717) is 18.8 Å². The Bertz CT molecular complexity index is 486. The van der Waals surface area contributed by atoms with Crippen LogP contribution in [0.15, 0.2) is 12.4 Å². The monoisotopic (exact) mass is 262 g/mol. The van der Waals surface area contributed by atoms with Gasteiger partial charge in [-0.1, -0.05) is 12.8 Å². The summed E-state index contributed by atoms with van der Waals surface area (Å²) < 4.78 is 1.66. The van der Waals surface area contributed by atoms with Crippen LogP contribution in [0.2, 0.25) is 0 Å². The Morgan fingerprint density at radius 3 is 2.32 bits per heavy atom. The van der Waals surface area contributed by atoms with Crippen molar-refractivity contribution in [2.45, 2.75) is 32.2 Å². The molecule has 1 aromatic heterocycles. The summed E-state index contributed by atoms with van der Waals surface area (Å²) in [5.41, 5.74) is 6.17. The molecule has 6 heteroatoms. The third-order valence-electron chi connectivity index (χ3n) is 4.14. The van der Waals surface area contributed by atoms with Gasteiger partial charge in [0.05, 0.1) is 30.3 Å². The summed E-state index contributed by atoms with van der Waals surface area (Å²) in [6, 6.07) is 0. The van der Waals surface area contributed by atoms with Gasteiger partial charge in [0.25, 0.3) is 0 Å². The molecule has 2 atom stereocenters. The van der Waals surface area contributed by atoms with Gasteiger partial charge in [0, 0.05) is 12.7 Å². The highest BCUT2D eigenvalue weighted by atomic mass is 16.2. The number of likely N-dealkylation sites (tertiary alicyclic amines) is 1. The predicted octanol–water partition coefficient (Wildman–Crippen LogP) is 0.640. The highest BCUT2D eigenvalue weighted by Crippen LogP contribution is 2.37. The first-order chi connectivity index (χ1) is 9.16. The zero-order chi connectivity index (χ0) is 13.4. The average Bonchev–Trinajstić information content (AvgIpc) is 2.93. The second-order valence-electron chi connectivity index (χ2n) is 5.36. The number of nitrogen functional groups attached to an aromatic ring is 1. The molecule has 2 unspecified atom stereocenters. The van der Waals surface area contributed by atoms with Crippen LogP contribution in [-0.2, 0) is 16.1 Å². The van der Waals surface area contributed by atoms with Crippen molar-refractivity contribution < 1.29 is 9.59 Å². The lowest BCUT2D eigenvalue weighted by molar-refractivity contribution is -0.140. The molecule has 1 saturated heterocycles. The Morgan fingerprint density at radius 1 is 1.16 bits per heavy atom. The first-order valence-corrected chi connectivity index (χ1v) is 6.80. The van der Waals surface area contributed by atoms with Gasteiger partial charge in [-0.25, -0.2) is 0 Å². The van der Waals surface area contributed by atoms with Crippen molar-refractivity contribution in [2.75, 3.05) is 12.3 Å². The molecule has 1 saturated carbocycles. The highest BCUT2D eigenvalue weighted by Gasteiger charge is 2.47. The van der Waals surface area contributed by atoms with Crippen LogP contribution in [0.3, 0.4) is 0 Å². The number of carbonyl (C=O) groups excluding carboxylic acids is 2. The minimum atomic E-state index is -0.0658. The van der Waals surface area contributed by atoms with E-state index >= 15 is 0 Å². The number of amides is 2. The van der Waals surface area contributed by atoms with Gasteiger partial charge in [-0.3, -0.25) is 19.2 Å². The Morgan fingerprint density at radius 2 is 1.79 bits per heavy atom. The molecule has 2 N–H and O–H groups in total. The molecule has 2 aliphatic rings. The molecule has 0 aromatic carbocycles. The SMILES string of the molecule is Nc1cnn(CCN2C(=O)C3CCCCC3C2=O)c1. The van der Waals surface area contributed by atoms with Gasteiger partial charge in [0.15, 0.2) is 0 Å². The Kier molecular flexibility index (Phi) is 3.00. The standard InChI is InChI=1S/C13H18N4O2/c14-9-7-15-16(8-9)5-6-17-12(18)10-3-1-2-4-11(10)13(17)19/h7-8,10-11H,1-6,14H2. The van der Waals surface area contributed by atoms with Gasteiger partial charge in [-0.2, -0.15) is 5.10 Å². The molecule has 0 radical (unpaired) electrons. The minimum Gasteiger partial charge on any atom is -0.396 e. The maximum atomic E-state index is 12.2. The summed E-state index contributed by atoms with van der Waals surface area (Å²) in [6.07, 6.45) is 7.11. The van der Waals surface area contributed by atoms with Crippen LogP contribution >= 0.6 is 0 Å². The number of hydrogen-bond donors (Lipinski definition) is 1. The number of anilines is 1. The van der Waals surface area contributed by atoms with E-state index in [-0.39, 0.29) is 23.7 Å². The first-order valence-electron chi connectivity index (χ1n) is 6.80. The maximum Gasteiger partial charge on any atom is 0.233 e.